The van der Waals surface area contributed by atoms with Crippen LogP contribution in [0.1, 0.15) is 5.56 Å². The lowest BCUT2D eigenvalue weighted by molar-refractivity contribution is 1.14. The molecule has 0 aliphatic heterocycles. The van der Waals surface area contributed by atoms with Gasteiger partial charge in [-0.05, 0) is 18.2 Å². The van der Waals surface area contributed by atoms with Gasteiger partial charge in [-0.1, -0.05) is 30.0 Å². The number of para-hydroxylation sites is 1. The van der Waals surface area contributed by atoms with E-state index in [9.17, 15) is 5.26 Å². The zero-order chi connectivity index (χ0) is 13.9. The average molecular weight is 278 g/mol. The number of nitrogen functional groups attached to an aromatic ring is 1. The number of hydrogen-bond acceptors (Lipinski definition) is 5. The number of benzene rings is 1. The summed E-state index contributed by atoms with van der Waals surface area (Å²) in [6.45, 7) is 0. The summed E-state index contributed by atoms with van der Waals surface area (Å²) in [6, 6.07) is 13.5. The summed E-state index contributed by atoms with van der Waals surface area (Å²) < 4.78 is 0. The molecule has 0 aliphatic rings. The molecule has 2 aromatic heterocycles. The molecule has 0 bridgehead atoms. The Morgan fingerprint density at radius 2 is 1.95 bits per heavy atom. The van der Waals surface area contributed by atoms with Crippen molar-refractivity contribution in [1.29, 1.82) is 5.26 Å². The molecule has 0 unspecified atom stereocenters. The van der Waals surface area contributed by atoms with Crippen molar-refractivity contribution in [3.63, 3.8) is 0 Å². The molecule has 1 aromatic carbocycles. The summed E-state index contributed by atoms with van der Waals surface area (Å²) in [5.74, 6) is 0. The first-order valence-corrected chi connectivity index (χ1v) is 6.77. The lowest BCUT2D eigenvalue weighted by Crippen LogP contribution is -1.93. The third kappa shape index (κ3) is 2.17. The Morgan fingerprint density at radius 3 is 2.75 bits per heavy atom. The zero-order valence-electron chi connectivity index (χ0n) is 10.4. The van der Waals surface area contributed by atoms with Crippen molar-refractivity contribution >= 4 is 28.4 Å². The number of nitrogens with two attached hydrogens (primary N) is 1. The van der Waals surface area contributed by atoms with E-state index in [4.69, 9.17) is 5.73 Å². The molecule has 2 N–H and O–H groups in total. The normalized spacial score (nSPS) is 10.3. The number of fused-ring (bicyclic) bond motifs is 1. The van der Waals surface area contributed by atoms with E-state index in [1.165, 1.54) is 11.8 Å². The van der Waals surface area contributed by atoms with E-state index >= 15 is 0 Å². The second kappa shape index (κ2) is 5.19. The van der Waals surface area contributed by atoms with Crippen LogP contribution < -0.4 is 5.73 Å². The van der Waals surface area contributed by atoms with Crippen LogP contribution in [0.2, 0.25) is 0 Å². The van der Waals surface area contributed by atoms with Gasteiger partial charge in [-0.3, -0.25) is 4.98 Å². The van der Waals surface area contributed by atoms with Gasteiger partial charge in [0, 0.05) is 22.7 Å². The monoisotopic (exact) mass is 278 g/mol. The van der Waals surface area contributed by atoms with Crippen LogP contribution in [0, 0.1) is 11.3 Å². The lowest BCUT2D eigenvalue weighted by atomic mass is 10.2. The summed E-state index contributed by atoms with van der Waals surface area (Å²) >= 11 is 1.40. The molecule has 20 heavy (non-hydrogen) atoms. The molecule has 4 nitrogen and oxygen atoms in total. The van der Waals surface area contributed by atoms with Crippen LogP contribution in [0.4, 0.5) is 5.69 Å². The Morgan fingerprint density at radius 1 is 1.10 bits per heavy atom. The summed E-state index contributed by atoms with van der Waals surface area (Å²) in [7, 11) is 0. The zero-order valence-corrected chi connectivity index (χ0v) is 11.3. The van der Waals surface area contributed by atoms with Crippen LogP contribution in [0.3, 0.4) is 0 Å². The predicted molar refractivity (Wildman–Crippen MR) is 79.2 cm³/mol. The smallest absolute Gasteiger partial charge is 0.124 e. The van der Waals surface area contributed by atoms with Gasteiger partial charge in [-0.15, -0.1) is 0 Å². The molecule has 0 aliphatic carbocycles. The minimum atomic E-state index is 0.527. The van der Waals surface area contributed by atoms with Crippen LogP contribution in [-0.4, -0.2) is 9.97 Å². The second-order valence-electron chi connectivity index (χ2n) is 4.13. The predicted octanol–water partition coefficient (Wildman–Crippen LogP) is 3.23. The molecular formula is C15H10N4S. The van der Waals surface area contributed by atoms with Crippen molar-refractivity contribution in [3.8, 4) is 6.07 Å². The first-order chi connectivity index (χ1) is 9.79. The van der Waals surface area contributed by atoms with Gasteiger partial charge in [-0.25, -0.2) is 4.98 Å². The minimum Gasteiger partial charge on any atom is -0.397 e. The maximum absolute atomic E-state index is 9.27. The highest BCUT2D eigenvalue weighted by Crippen LogP contribution is 2.36. The summed E-state index contributed by atoms with van der Waals surface area (Å²) in [4.78, 5) is 9.39. The van der Waals surface area contributed by atoms with E-state index in [-0.39, 0.29) is 0 Å². The van der Waals surface area contributed by atoms with Gasteiger partial charge >= 0.3 is 0 Å². The van der Waals surface area contributed by atoms with Gasteiger partial charge < -0.3 is 5.73 Å². The van der Waals surface area contributed by atoms with E-state index in [0.717, 1.165) is 15.8 Å². The number of nitriles is 1. The second-order valence-corrected chi connectivity index (χ2v) is 5.13. The van der Waals surface area contributed by atoms with Crippen molar-refractivity contribution in [1.82, 2.24) is 9.97 Å². The Kier molecular flexibility index (Phi) is 3.23. The number of hydrogen-bond donors (Lipinski definition) is 1. The van der Waals surface area contributed by atoms with Crippen molar-refractivity contribution < 1.29 is 0 Å². The molecule has 0 spiro atoms. The number of pyridine rings is 2. The molecule has 5 heteroatoms. The summed E-state index contributed by atoms with van der Waals surface area (Å²) in [6.07, 6.45) is 3.28. The van der Waals surface area contributed by atoms with Crippen LogP contribution in [0.15, 0.2) is 58.7 Å². The van der Waals surface area contributed by atoms with Crippen LogP contribution in [0.25, 0.3) is 10.9 Å². The van der Waals surface area contributed by atoms with Gasteiger partial charge in [0.15, 0.2) is 0 Å². The maximum atomic E-state index is 9.27. The standard InChI is InChI=1S/C15H10N4S/c16-8-10-9-19-13-6-2-1-4-11(13)14(10)20-15-12(17)5-3-7-18-15/h1-7,9H,17H2. The van der Waals surface area contributed by atoms with Crippen LogP contribution >= 0.6 is 11.8 Å². The quantitative estimate of drug-likeness (QED) is 0.778. The fourth-order valence-corrected chi connectivity index (χ4v) is 2.87. The maximum Gasteiger partial charge on any atom is 0.124 e. The summed E-state index contributed by atoms with van der Waals surface area (Å²) in [5, 5.41) is 10.9. The number of nitrogens with zero attached hydrogens (tertiary/aromatic N) is 3. The fraction of sp³-hybridized carbons (Fsp3) is 0. The first-order valence-electron chi connectivity index (χ1n) is 5.96. The molecule has 3 aromatic rings. The SMILES string of the molecule is N#Cc1cnc2ccccc2c1Sc1ncccc1N. The molecule has 2 heterocycles. The molecule has 96 valence electrons. The van der Waals surface area contributed by atoms with Gasteiger partial charge in [0.25, 0.3) is 0 Å². The van der Waals surface area contributed by atoms with E-state index < -0.39 is 0 Å². The molecule has 0 saturated heterocycles. The third-order valence-corrected chi connectivity index (χ3v) is 4.02. The number of anilines is 1. The van der Waals surface area contributed by atoms with Gasteiger partial charge in [0.05, 0.1) is 16.8 Å². The topological polar surface area (TPSA) is 75.6 Å². The lowest BCUT2D eigenvalue weighted by Gasteiger charge is -2.08. The Hall–Kier alpha value is -2.58. The Bertz CT molecular complexity index is 823. The highest BCUT2D eigenvalue weighted by Gasteiger charge is 2.12. The van der Waals surface area contributed by atoms with Gasteiger partial charge in [0.2, 0.25) is 0 Å². The highest BCUT2D eigenvalue weighted by molar-refractivity contribution is 7.99. The minimum absolute atomic E-state index is 0.527. The molecular weight excluding hydrogens is 268 g/mol. The van der Waals surface area contributed by atoms with Gasteiger partial charge in [-0.2, -0.15) is 5.26 Å². The molecule has 0 radical (unpaired) electrons. The third-order valence-electron chi connectivity index (χ3n) is 2.85. The molecule has 0 amide bonds. The Labute approximate surface area is 120 Å². The molecule has 0 fully saturated rings. The number of aromatic nitrogens is 2. The van der Waals surface area contributed by atoms with E-state index in [2.05, 4.69) is 16.0 Å². The first kappa shape index (κ1) is 12.5. The van der Waals surface area contributed by atoms with Crippen molar-refractivity contribution in [2.24, 2.45) is 0 Å². The number of rotatable bonds is 2. The van der Waals surface area contributed by atoms with Crippen molar-refractivity contribution in [2.75, 3.05) is 5.73 Å². The summed E-state index contributed by atoms with van der Waals surface area (Å²) in [5.41, 5.74) is 7.90. The fourth-order valence-electron chi connectivity index (χ4n) is 1.89. The van der Waals surface area contributed by atoms with E-state index in [1.807, 2.05) is 24.3 Å². The molecule has 0 atom stereocenters. The molecule has 3 rings (SSSR count). The van der Waals surface area contributed by atoms with Crippen molar-refractivity contribution in [2.45, 2.75) is 9.92 Å². The van der Waals surface area contributed by atoms with E-state index in [0.29, 0.717) is 16.3 Å². The van der Waals surface area contributed by atoms with Crippen LogP contribution in [-0.2, 0) is 0 Å². The van der Waals surface area contributed by atoms with Crippen LogP contribution in [0.5, 0.6) is 0 Å². The van der Waals surface area contributed by atoms with Crippen molar-refractivity contribution in [3.05, 3.63) is 54.4 Å². The largest absolute Gasteiger partial charge is 0.397 e. The van der Waals surface area contributed by atoms with Gasteiger partial charge in [0.1, 0.15) is 11.1 Å². The average Bonchev–Trinajstić information content (AvgIpc) is 2.50. The Balaban J connectivity index is 2.20. The molecule has 0 saturated carbocycles. The van der Waals surface area contributed by atoms with E-state index in [1.54, 1.807) is 24.5 Å². The highest BCUT2D eigenvalue weighted by atomic mass is 32.2.